The van der Waals surface area contributed by atoms with Crippen LogP contribution >= 0.6 is 24.0 Å². The Morgan fingerprint density at radius 1 is 1.08 bits per heavy atom. The predicted molar refractivity (Wildman–Crippen MR) is 106 cm³/mol. The molecule has 0 atom stereocenters. The van der Waals surface area contributed by atoms with Crippen molar-refractivity contribution in [3.8, 4) is 0 Å². The second kappa shape index (κ2) is 7.77. The maximum Gasteiger partial charge on any atom is 0.266 e. The van der Waals surface area contributed by atoms with Crippen molar-refractivity contribution in [2.45, 2.75) is 19.8 Å². The molecule has 2 aromatic carbocycles. The van der Waals surface area contributed by atoms with E-state index in [4.69, 9.17) is 12.2 Å². The molecule has 1 aliphatic rings. The number of thioether (sulfide) groups is 1. The molecule has 1 amide bonds. The van der Waals surface area contributed by atoms with Crippen molar-refractivity contribution in [2.75, 3.05) is 6.54 Å². The van der Waals surface area contributed by atoms with Crippen molar-refractivity contribution in [2.24, 2.45) is 0 Å². The lowest BCUT2D eigenvalue weighted by Gasteiger charge is -2.14. The minimum atomic E-state index is 0.0265. The Morgan fingerprint density at radius 2 is 1.79 bits per heavy atom. The van der Waals surface area contributed by atoms with Crippen LogP contribution in [0, 0.1) is 6.92 Å². The highest BCUT2D eigenvalue weighted by Crippen LogP contribution is 2.32. The van der Waals surface area contributed by atoms with Crippen molar-refractivity contribution in [3.63, 3.8) is 0 Å². The number of aryl methyl sites for hydroxylation is 2. The molecule has 2 nitrogen and oxygen atoms in total. The zero-order valence-corrected chi connectivity index (χ0v) is 15.2. The maximum atomic E-state index is 12.6. The highest BCUT2D eigenvalue weighted by molar-refractivity contribution is 8.26. The second-order valence-corrected chi connectivity index (χ2v) is 7.51. The van der Waals surface area contributed by atoms with Gasteiger partial charge >= 0.3 is 0 Å². The Balaban J connectivity index is 1.62. The smallest absolute Gasteiger partial charge is 0.266 e. The van der Waals surface area contributed by atoms with Gasteiger partial charge in [-0.15, -0.1) is 0 Å². The molecule has 0 N–H and O–H groups in total. The molecule has 0 aromatic heterocycles. The van der Waals surface area contributed by atoms with Crippen LogP contribution < -0.4 is 0 Å². The van der Waals surface area contributed by atoms with Gasteiger partial charge in [0.25, 0.3) is 5.91 Å². The third kappa shape index (κ3) is 4.13. The molecule has 24 heavy (non-hydrogen) atoms. The Hall–Kier alpha value is -1.91. The number of hydrogen-bond acceptors (Lipinski definition) is 3. The van der Waals surface area contributed by atoms with Crippen molar-refractivity contribution in [1.29, 1.82) is 0 Å². The molecule has 3 rings (SSSR count). The lowest BCUT2D eigenvalue weighted by molar-refractivity contribution is -0.122. The van der Waals surface area contributed by atoms with E-state index in [0.717, 1.165) is 18.4 Å². The quantitative estimate of drug-likeness (QED) is 0.567. The first-order valence-corrected chi connectivity index (χ1v) is 9.22. The van der Waals surface area contributed by atoms with Gasteiger partial charge in [-0.1, -0.05) is 84.1 Å². The zero-order chi connectivity index (χ0) is 16.9. The minimum absolute atomic E-state index is 0.0265. The van der Waals surface area contributed by atoms with Crippen molar-refractivity contribution >= 4 is 40.3 Å². The van der Waals surface area contributed by atoms with E-state index in [2.05, 4.69) is 19.1 Å². The third-order valence-corrected chi connectivity index (χ3v) is 5.32. The van der Waals surface area contributed by atoms with E-state index in [9.17, 15) is 4.79 Å². The normalized spacial score (nSPS) is 16.2. The molecule has 122 valence electrons. The van der Waals surface area contributed by atoms with Crippen LogP contribution in [0.4, 0.5) is 0 Å². The van der Waals surface area contributed by atoms with E-state index in [1.807, 2.05) is 48.5 Å². The molecular weight excluding hydrogens is 334 g/mol. The average Bonchev–Trinajstić information content (AvgIpc) is 2.85. The Bertz CT molecular complexity index is 766. The van der Waals surface area contributed by atoms with E-state index in [1.165, 1.54) is 22.9 Å². The molecular formula is C20H19NOS2. The Labute approximate surface area is 152 Å². The van der Waals surface area contributed by atoms with Gasteiger partial charge in [0.05, 0.1) is 4.91 Å². The molecule has 1 heterocycles. The second-order valence-electron chi connectivity index (χ2n) is 5.83. The number of amides is 1. The fourth-order valence-electron chi connectivity index (χ4n) is 2.59. The van der Waals surface area contributed by atoms with Crippen LogP contribution in [-0.4, -0.2) is 21.7 Å². The number of rotatable bonds is 5. The standard InChI is InChI=1S/C20H19NOS2/c1-15-9-11-17(12-10-15)14-18-19(22)21(20(23)24-18)13-5-8-16-6-3-2-4-7-16/h2-4,6-7,9-12,14H,5,8,13H2,1H3. The number of hydrogen-bond donors (Lipinski definition) is 0. The molecule has 0 bridgehead atoms. The molecule has 0 radical (unpaired) electrons. The minimum Gasteiger partial charge on any atom is -0.293 e. The SMILES string of the molecule is Cc1ccc(C=C2SC(=S)N(CCCc3ccccc3)C2=O)cc1. The summed E-state index contributed by atoms with van der Waals surface area (Å²) < 4.78 is 0.659. The van der Waals surface area contributed by atoms with E-state index >= 15 is 0 Å². The summed E-state index contributed by atoms with van der Waals surface area (Å²) >= 11 is 6.78. The first kappa shape index (κ1) is 16.9. The summed E-state index contributed by atoms with van der Waals surface area (Å²) in [5.74, 6) is 0.0265. The molecule has 4 heteroatoms. The lowest BCUT2D eigenvalue weighted by Crippen LogP contribution is -2.29. The number of carbonyl (C=O) groups is 1. The number of nitrogens with zero attached hydrogens (tertiary/aromatic N) is 1. The van der Waals surface area contributed by atoms with Gasteiger partial charge in [-0.05, 0) is 37.0 Å². The van der Waals surface area contributed by atoms with Crippen molar-refractivity contribution < 1.29 is 4.79 Å². The number of carbonyl (C=O) groups excluding carboxylic acids is 1. The molecule has 0 aliphatic carbocycles. The van der Waals surface area contributed by atoms with Gasteiger partial charge < -0.3 is 0 Å². The summed E-state index contributed by atoms with van der Waals surface area (Å²) in [5.41, 5.74) is 3.53. The van der Waals surface area contributed by atoms with E-state index < -0.39 is 0 Å². The first-order valence-electron chi connectivity index (χ1n) is 7.99. The van der Waals surface area contributed by atoms with Gasteiger partial charge in [-0.3, -0.25) is 9.69 Å². The highest BCUT2D eigenvalue weighted by atomic mass is 32.2. The Morgan fingerprint density at radius 3 is 2.50 bits per heavy atom. The van der Waals surface area contributed by atoms with Crippen LogP contribution in [0.5, 0.6) is 0 Å². The highest BCUT2D eigenvalue weighted by Gasteiger charge is 2.31. The molecule has 1 aliphatic heterocycles. The van der Waals surface area contributed by atoms with Crippen molar-refractivity contribution in [1.82, 2.24) is 4.90 Å². The van der Waals surface area contributed by atoms with E-state index in [-0.39, 0.29) is 5.91 Å². The van der Waals surface area contributed by atoms with Gasteiger partial charge in [-0.25, -0.2) is 0 Å². The molecule has 0 unspecified atom stereocenters. The summed E-state index contributed by atoms with van der Waals surface area (Å²) in [6.45, 7) is 2.72. The monoisotopic (exact) mass is 353 g/mol. The fraction of sp³-hybridized carbons (Fsp3) is 0.200. The van der Waals surface area contributed by atoms with Gasteiger partial charge in [0.1, 0.15) is 4.32 Å². The maximum absolute atomic E-state index is 12.6. The predicted octanol–water partition coefficient (Wildman–Crippen LogP) is 4.83. The average molecular weight is 354 g/mol. The first-order chi connectivity index (χ1) is 11.6. The number of benzene rings is 2. The fourth-order valence-corrected chi connectivity index (χ4v) is 3.90. The molecule has 1 fully saturated rings. The summed E-state index contributed by atoms with van der Waals surface area (Å²) in [6, 6.07) is 18.5. The molecule has 0 saturated carbocycles. The van der Waals surface area contributed by atoms with Crippen LogP contribution in [0.3, 0.4) is 0 Å². The van der Waals surface area contributed by atoms with Gasteiger partial charge in [0.2, 0.25) is 0 Å². The van der Waals surface area contributed by atoms with Crippen LogP contribution in [-0.2, 0) is 11.2 Å². The molecule has 0 spiro atoms. The van der Waals surface area contributed by atoms with Crippen LogP contribution in [0.15, 0.2) is 59.5 Å². The summed E-state index contributed by atoms with van der Waals surface area (Å²) in [5, 5.41) is 0. The van der Waals surface area contributed by atoms with Gasteiger partial charge in [0.15, 0.2) is 0 Å². The van der Waals surface area contributed by atoms with Crippen molar-refractivity contribution in [3.05, 3.63) is 76.2 Å². The summed E-state index contributed by atoms with van der Waals surface area (Å²) in [7, 11) is 0. The molecule has 2 aromatic rings. The summed E-state index contributed by atoms with van der Waals surface area (Å²) in [6.07, 6.45) is 3.79. The Kier molecular flexibility index (Phi) is 5.48. The van der Waals surface area contributed by atoms with Gasteiger partial charge in [0, 0.05) is 6.54 Å². The lowest BCUT2D eigenvalue weighted by atomic mass is 10.1. The number of thiocarbonyl (C=S) groups is 1. The van der Waals surface area contributed by atoms with Crippen LogP contribution in [0.1, 0.15) is 23.1 Å². The van der Waals surface area contributed by atoms with E-state index in [1.54, 1.807) is 4.90 Å². The van der Waals surface area contributed by atoms with Crippen LogP contribution in [0.25, 0.3) is 6.08 Å². The van der Waals surface area contributed by atoms with E-state index in [0.29, 0.717) is 15.8 Å². The largest absolute Gasteiger partial charge is 0.293 e. The van der Waals surface area contributed by atoms with Gasteiger partial charge in [-0.2, -0.15) is 0 Å². The summed E-state index contributed by atoms with van der Waals surface area (Å²) in [4.78, 5) is 15.0. The topological polar surface area (TPSA) is 20.3 Å². The molecule has 1 saturated heterocycles. The van der Waals surface area contributed by atoms with Crippen LogP contribution in [0.2, 0.25) is 0 Å². The third-order valence-electron chi connectivity index (χ3n) is 3.94. The zero-order valence-electron chi connectivity index (χ0n) is 13.6.